The fourth-order valence-corrected chi connectivity index (χ4v) is 2.49. The number of aliphatic hydroxyl groups is 2. The van der Waals surface area contributed by atoms with E-state index in [1.807, 2.05) is 0 Å². The first-order valence-corrected chi connectivity index (χ1v) is 7.72. The molecule has 2 unspecified atom stereocenters. The lowest BCUT2D eigenvalue weighted by molar-refractivity contribution is -0.343. The van der Waals surface area contributed by atoms with Gasteiger partial charge in [-0.3, -0.25) is 14.3 Å². The van der Waals surface area contributed by atoms with Crippen LogP contribution in [0.1, 0.15) is 16.7 Å². The number of ether oxygens (including phenoxy) is 1. The van der Waals surface area contributed by atoms with E-state index >= 15 is 0 Å². The summed E-state index contributed by atoms with van der Waals surface area (Å²) in [4.78, 5) is 56.6. The molecule has 4 atom stereocenters. The molecule has 0 aliphatic carbocycles. The maximum atomic E-state index is 11.8. The zero-order valence-corrected chi connectivity index (χ0v) is 12.5. The summed E-state index contributed by atoms with van der Waals surface area (Å²) in [6, 6.07) is 0.493. The highest BCUT2D eigenvalue weighted by Gasteiger charge is 2.45. The number of carbonyl (C=O) groups is 1. The Bertz CT molecular complexity index is 795. The van der Waals surface area contributed by atoms with Gasteiger partial charge in [-0.1, -0.05) is 0 Å². The topological polar surface area (TPSA) is 217 Å². The summed E-state index contributed by atoms with van der Waals surface area (Å²) < 4.78 is 19.7. The summed E-state index contributed by atoms with van der Waals surface area (Å²) >= 11 is 0. The smallest absolute Gasteiger partial charge is 0.331 e. The molecule has 1 aliphatic rings. The van der Waals surface area contributed by atoms with Crippen molar-refractivity contribution in [1.82, 2.24) is 9.55 Å². The third kappa shape index (κ3) is 3.79. The monoisotopic (exact) mass is 365 g/mol. The number of phosphoric acid groups is 1. The number of carbonyl (C=O) groups excluding carboxylic acids is 1. The summed E-state index contributed by atoms with van der Waals surface area (Å²) in [7, 11) is -5.39. The molecule has 0 saturated carbocycles. The van der Waals surface area contributed by atoms with Crippen LogP contribution in [0.2, 0.25) is 0 Å². The summed E-state index contributed by atoms with van der Waals surface area (Å²) in [5.74, 6) is -1.94. The number of hydrogen-bond acceptors (Lipinski definition) is 11. The van der Waals surface area contributed by atoms with E-state index in [1.165, 1.54) is 0 Å². The van der Waals surface area contributed by atoms with E-state index in [1.54, 1.807) is 4.98 Å². The Morgan fingerprint density at radius 3 is 2.54 bits per heavy atom. The Morgan fingerprint density at radius 1 is 1.38 bits per heavy atom. The normalized spacial score (nSPS) is 27.3. The standard InChI is InChI=1S/C10H13N2O11P/c13-5-1-3(9(16)17)12(10(18)11-5)8-7(15)6(14)4(23-8)2-22-24(19,20)21/h1,4,6-8,14-15H,2H2,(H,16,17)(H,11,13,18)(H2,19,20,21)/p-3/t4-,6?,7?,8-/m1/s1. The summed E-state index contributed by atoms with van der Waals surface area (Å²) in [5.41, 5.74) is -3.28. The Kier molecular flexibility index (Phi) is 5.05. The van der Waals surface area contributed by atoms with E-state index in [4.69, 9.17) is 4.74 Å². The quantitative estimate of drug-likeness (QED) is 0.418. The van der Waals surface area contributed by atoms with Gasteiger partial charge in [0.05, 0.1) is 26.1 Å². The van der Waals surface area contributed by atoms with Crippen molar-refractivity contribution in [3.05, 3.63) is 32.6 Å². The molecular formula is C10H10N2O11P-3. The van der Waals surface area contributed by atoms with Crippen molar-refractivity contribution in [1.29, 1.82) is 0 Å². The number of nitrogens with one attached hydrogen (secondary N) is 1. The minimum atomic E-state index is -5.39. The van der Waals surface area contributed by atoms with Crippen molar-refractivity contribution < 1.29 is 43.7 Å². The number of carboxylic acids is 1. The molecule has 14 heteroatoms. The van der Waals surface area contributed by atoms with Gasteiger partial charge in [0.25, 0.3) is 5.56 Å². The fraction of sp³-hybridized carbons (Fsp3) is 0.500. The second kappa shape index (κ2) is 6.57. The van der Waals surface area contributed by atoms with Gasteiger partial charge in [-0.2, -0.15) is 0 Å². The van der Waals surface area contributed by atoms with Crippen molar-refractivity contribution in [2.45, 2.75) is 24.5 Å². The van der Waals surface area contributed by atoms with Gasteiger partial charge in [0.2, 0.25) is 0 Å². The Balaban J connectivity index is 2.37. The van der Waals surface area contributed by atoms with Crippen LogP contribution < -0.4 is 26.1 Å². The van der Waals surface area contributed by atoms with E-state index in [0.717, 1.165) is 0 Å². The minimum absolute atomic E-state index is 0.304. The molecule has 1 saturated heterocycles. The number of nitrogens with zero attached hydrogens (tertiary/aromatic N) is 1. The molecule has 0 radical (unpaired) electrons. The third-order valence-corrected chi connectivity index (χ3v) is 3.64. The number of H-pyrrole nitrogens is 1. The predicted molar refractivity (Wildman–Crippen MR) is 65.1 cm³/mol. The first kappa shape index (κ1) is 18.5. The van der Waals surface area contributed by atoms with Crippen molar-refractivity contribution >= 4 is 13.8 Å². The number of carboxylic acid groups (broad SMARTS) is 1. The van der Waals surface area contributed by atoms with Gasteiger partial charge < -0.3 is 43.7 Å². The van der Waals surface area contributed by atoms with E-state index in [-0.39, 0.29) is 0 Å². The number of aromatic nitrogens is 2. The van der Waals surface area contributed by atoms with Crippen molar-refractivity contribution in [3.63, 3.8) is 0 Å². The highest BCUT2D eigenvalue weighted by molar-refractivity contribution is 7.43. The van der Waals surface area contributed by atoms with Gasteiger partial charge >= 0.3 is 5.69 Å². The molecule has 0 amide bonds. The lowest BCUT2D eigenvalue weighted by Gasteiger charge is -2.30. The average molecular weight is 365 g/mol. The minimum Gasteiger partial charge on any atom is -0.790 e. The largest absolute Gasteiger partial charge is 0.790 e. The molecule has 0 bridgehead atoms. The van der Waals surface area contributed by atoms with Crippen molar-refractivity contribution in [2.24, 2.45) is 0 Å². The van der Waals surface area contributed by atoms with Crippen molar-refractivity contribution in [2.75, 3.05) is 6.61 Å². The maximum absolute atomic E-state index is 11.8. The molecule has 2 rings (SSSR count). The first-order chi connectivity index (χ1) is 11.0. The number of aromatic amines is 1. The van der Waals surface area contributed by atoms with Crippen molar-refractivity contribution in [3.8, 4) is 0 Å². The molecular weight excluding hydrogens is 355 g/mol. The maximum Gasteiger partial charge on any atom is 0.331 e. The van der Waals surface area contributed by atoms with E-state index < -0.39 is 61.9 Å². The number of hydrogen-bond donors (Lipinski definition) is 3. The van der Waals surface area contributed by atoms with Crippen LogP contribution in [0.3, 0.4) is 0 Å². The van der Waals surface area contributed by atoms with Gasteiger partial charge in [-0.15, -0.1) is 0 Å². The summed E-state index contributed by atoms with van der Waals surface area (Å²) in [6.07, 6.45) is -7.06. The Hall–Kier alpha value is -1.86. The molecule has 1 aromatic rings. The number of aromatic carboxylic acids is 1. The SMILES string of the molecule is O=C([O-])c1cc(=O)[nH]c(=O)n1[C@@H]1O[C@H](COP(=O)([O-])[O-])C(O)C1O. The molecule has 1 aromatic heterocycles. The summed E-state index contributed by atoms with van der Waals surface area (Å²) in [5, 5.41) is 30.7. The van der Waals surface area contributed by atoms with Gasteiger partial charge in [0.1, 0.15) is 18.3 Å². The van der Waals surface area contributed by atoms with Crippen LogP contribution in [0.25, 0.3) is 0 Å². The van der Waals surface area contributed by atoms with Crippen LogP contribution in [0.4, 0.5) is 0 Å². The third-order valence-electron chi connectivity index (χ3n) is 3.17. The van der Waals surface area contributed by atoms with Gasteiger partial charge in [0.15, 0.2) is 6.23 Å². The number of aliphatic hydroxyl groups excluding tert-OH is 2. The van der Waals surface area contributed by atoms with Crippen LogP contribution in [0, 0.1) is 0 Å². The lowest BCUT2D eigenvalue weighted by atomic mass is 10.1. The lowest BCUT2D eigenvalue weighted by Crippen LogP contribution is -2.43. The van der Waals surface area contributed by atoms with Crippen LogP contribution in [0.15, 0.2) is 15.7 Å². The molecule has 0 aromatic carbocycles. The van der Waals surface area contributed by atoms with Gasteiger partial charge in [0, 0.05) is 6.07 Å². The van der Waals surface area contributed by atoms with Crippen LogP contribution in [0.5, 0.6) is 0 Å². The first-order valence-electron chi connectivity index (χ1n) is 6.26. The average Bonchev–Trinajstić information content (AvgIpc) is 2.71. The molecule has 1 aliphatic heterocycles. The van der Waals surface area contributed by atoms with Crippen LogP contribution in [-0.2, 0) is 13.8 Å². The zero-order chi connectivity index (χ0) is 18.2. The highest BCUT2D eigenvalue weighted by Crippen LogP contribution is 2.32. The summed E-state index contributed by atoms with van der Waals surface area (Å²) in [6.45, 7) is -0.974. The zero-order valence-electron chi connectivity index (χ0n) is 11.6. The molecule has 2 heterocycles. The number of rotatable bonds is 5. The molecule has 13 nitrogen and oxygen atoms in total. The van der Waals surface area contributed by atoms with E-state index in [0.29, 0.717) is 10.6 Å². The Morgan fingerprint density at radius 2 is 2.00 bits per heavy atom. The number of phosphoric ester groups is 1. The molecule has 1 fully saturated rings. The van der Waals surface area contributed by atoms with Gasteiger partial charge in [-0.25, -0.2) is 4.79 Å². The van der Waals surface area contributed by atoms with E-state index in [9.17, 15) is 44.1 Å². The second-order valence-corrected chi connectivity index (χ2v) is 5.92. The molecule has 3 N–H and O–H groups in total. The second-order valence-electron chi connectivity index (χ2n) is 4.77. The van der Waals surface area contributed by atoms with Gasteiger partial charge in [-0.05, 0) is 0 Å². The highest BCUT2D eigenvalue weighted by atomic mass is 31.2. The Labute approximate surface area is 131 Å². The predicted octanol–water partition coefficient (Wildman–Crippen LogP) is -5.64. The fourth-order valence-electron chi connectivity index (χ4n) is 2.16. The molecule has 134 valence electrons. The van der Waals surface area contributed by atoms with Crippen LogP contribution >= 0.6 is 7.82 Å². The molecule has 24 heavy (non-hydrogen) atoms. The van der Waals surface area contributed by atoms with E-state index in [2.05, 4.69) is 4.52 Å². The molecule has 0 spiro atoms. The van der Waals surface area contributed by atoms with Crippen LogP contribution in [-0.4, -0.2) is 50.7 Å².